The fraction of sp³-hybridized carbons (Fsp3) is 0.462. The van der Waals surface area contributed by atoms with E-state index in [1.807, 2.05) is 0 Å². The summed E-state index contributed by atoms with van der Waals surface area (Å²) in [4.78, 5) is 11.2. The van der Waals surface area contributed by atoms with Crippen molar-refractivity contribution in [2.45, 2.75) is 37.5 Å². The largest absolute Gasteiger partial charge is 0.439 e. The second-order valence-electron chi connectivity index (χ2n) is 4.85. The van der Waals surface area contributed by atoms with E-state index in [-0.39, 0.29) is 6.07 Å². The molecule has 0 aliphatic rings. The Balaban J connectivity index is 3.46. The van der Waals surface area contributed by atoms with Crippen LogP contribution in [0.25, 0.3) is 0 Å². The van der Waals surface area contributed by atoms with Crippen LogP contribution in [-0.2, 0) is 11.0 Å². The summed E-state index contributed by atoms with van der Waals surface area (Å²) in [5, 5.41) is 1.75. The molecule has 0 bridgehead atoms. The molecule has 0 unspecified atom stereocenters. The van der Waals surface area contributed by atoms with E-state index in [9.17, 15) is 44.3 Å². The van der Waals surface area contributed by atoms with Gasteiger partial charge in [-0.15, -0.1) is 0 Å². The number of rotatable bonds is 4. The van der Waals surface area contributed by atoms with Gasteiger partial charge in [0.25, 0.3) is 0 Å². The Morgan fingerprint density at radius 1 is 0.960 bits per heavy atom. The zero-order valence-electron chi connectivity index (χ0n) is 12.3. The van der Waals surface area contributed by atoms with E-state index >= 15 is 0 Å². The van der Waals surface area contributed by atoms with Crippen molar-refractivity contribution in [2.24, 2.45) is 0 Å². The Hall–Kier alpha value is -2.14. The van der Waals surface area contributed by atoms with Crippen LogP contribution in [0, 0.1) is 0 Å². The molecule has 0 aliphatic carbocycles. The Bertz CT molecular complexity index is 605. The van der Waals surface area contributed by atoms with Crippen molar-refractivity contribution >= 4 is 11.6 Å². The molecule has 0 saturated heterocycles. The van der Waals surface area contributed by atoms with Gasteiger partial charge in [-0.25, -0.2) is 0 Å². The van der Waals surface area contributed by atoms with E-state index in [4.69, 9.17) is 0 Å². The van der Waals surface area contributed by atoms with Gasteiger partial charge in [0.2, 0.25) is 5.91 Å². The third-order valence-electron chi connectivity index (χ3n) is 3.02. The molecule has 0 heterocycles. The molecule has 1 aromatic rings. The molecule has 3 nitrogen and oxygen atoms in total. The lowest BCUT2D eigenvalue weighted by Gasteiger charge is -2.39. The number of hydrogen-bond donors (Lipinski definition) is 2. The lowest BCUT2D eigenvalue weighted by atomic mass is 10.1. The van der Waals surface area contributed by atoms with Gasteiger partial charge in [0.05, 0.1) is 5.56 Å². The maximum Gasteiger partial charge on any atom is 0.439 e. The van der Waals surface area contributed by atoms with Gasteiger partial charge >= 0.3 is 24.2 Å². The number of carbonyl (C=O) groups is 1. The van der Waals surface area contributed by atoms with Crippen LogP contribution in [0.5, 0.6) is 0 Å². The topological polar surface area (TPSA) is 41.1 Å². The second kappa shape index (κ2) is 6.64. The molecule has 2 N–H and O–H groups in total. The highest BCUT2D eigenvalue weighted by atomic mass is 19.4. The molecule has 0 radical (unpaired) electrons. The highest BCUT2D eigenvalue weighted by molar-refractivity contribution is 5.77. The fourth-order valence-electron chi connectivity index (χ4n) is 1.76. The predicted molar refractivity (Wildman–Crippen MR) is 68.3 cm³/mol. The molecule has 12 heteroatoms. The Labute approximate surface area is 135 Å². The molecular weight excluding hydrogens is 371 g/mol. The normalized spacial score (nSPS) is 13.5. The Morgan fingerprint density at radius 3 is 1.88 bits per heavy atom. The highest BCUT2D eigenvalue weighted by Gasteiger charge is 2.72. The van der Waals surface area contributed by atoms with Gasteiger partial charge in [-0.2, -0.15) is 39.5 Å². The Kier molecular flexibility index (Phi) is 5.55. The Morgan fingerprint density at radius 2 is 1.48 bits per heavy atom. The number of nitrogens with one attached hydrogen (secondary N) is 2. The van der Waals surface area contributed by atoms with E-state index in [0.717, 1.165) is 17.6 Å². The number of alkyl halides is 9. The summed E-state index contributed by atoms with van der Waals surface area (Å²) in [5.41, 5.74) is -7.53. The van der Waals surface area contributed by atoms with Crippen LogP contribution in [0.2, 0.25) is 0 Å². The maximum absolute atomic E-state index is 13.2. The number of carbonyl (C=O) groups excluding carboxylic acids is 1. The lowest BCUT2D eigenvalue weighted by molar-refractivity contribution is -0.295. The van der Waals surface area contributed by atoms with Crippen LogP contribution < -0.4 is 10.6 Å². The van der Waals surface area contributed by atoms with Crippen LogP contribution in [-0.4, -0.2) is 23.9 Å². The van der Waals surface area contributed by atoms with Crippen molar-refractivity contribution in [3.63, 3.8) is 0 Å². The first kappa shape index (κ1) is 20.9. The van der Waals surface area contributed by atoms with Gasteiger partial charge in [-0.3, -0.25) is 4.79 Å². The smallest absolute Gasteiger partial charge is 0.348 e. The number of halogens is 9. The minimum Gasteiger partial charge on any atom is -0.348 e. The minimum absolute atomic E-state index is 0.0737. The molecule has 0 aliphatic heterocycles. The average molecular weight is 382 g/mol. The van der Waals surface area contributed by atoms with Gasteiger partial charge < -0.3 is 10.6 Å². The van der Waals surface area contributed by atoms with Crippen molar-refractivity contribution in [2.75, 3.05) is 5.32 Å². The summed E-state index contributed by atoms with van der Waals surface area (Å²) in [6.07, 6.45) is -17.9. The number of hydrogen-bond acceptors (Lipinski definition) is 2. The molecule has 142 valence electrons. The molecule has 0 aromatic heterocycles. The molecule has 1 aromatic carbocycles. The number of amides is 1. The van der Waals surface area contributed by atoms with Crippen molar-refractivity contribution < 1.29 is 44.3 Å². The van der Waals surface area contributed by atoms with E-state index in [2.05, 4.69) is 0 Å². The van der Waals surface area contributed by atoms with Crippen molar-refractivity contribution in [3.05, 3.63) is 29.8 Å². The molecule has 25 heavy (non-hydrogen) atoms. The van der Waals surface area contributed by atoms with E-state index in [1.54, 1.807) is 0 Å². The quantitative estimate of drug-likeness (QED) is 0.596. The first-order valence-corrected chi connectivity index (χ1v) is 6.54. The summed E-state index contributed by atoms with van der Waals surface area (Å²) >= 11 is 0. The van der Waals surface area contributed by atoms with Crippen LogP contribution in [0.1, 0.15) is 18.9 Å². The lowest BCUT2D eigenvalue weighted by Crippen LogP contribution is -2.72. The van der Waals surface area contributed by atoms with E-state index in [0.29, 0.717) is 18.2 Å². The first-order valence-electron chi connectivity index (χ1n) is 6.54. The highest BCUT2D eigenvalue weighted by Crippen LogP contribution is 2.44. The third-order valence-corrected chi connectivity index (χ3v) is 3.02. The second-order valence-corrected chi connectivity index (χ2v) is 4.85. The van der Waals surface area contributed by atoms with E-state index < -0.39 is 47.8 Å². The zero-order valence-corrected chi connectivity index (χ0v) is 12.3. The van der Waals surface area contributed by atoms with Gasteiger partial charge in [0.15, 0.2) is 0 Å². The van der Waals surface area contributed by atoms with Crippen LogP contribution in [0.15, 0.2) is 24.3 Å². The molecule has 0 saturated carbocycles. The monoisotopic (exact) mass is 382 g/mol. The summed E-state index contributed by atoms with van der Waals surface area (Å²) in [7, 11) is 0. The minimum atomic E-state index is -6.09. The molecular formula is C13H11F9N2O. The number of benzene rings is 1. The zero-order chi connectivity index (χ0) is 19.7. The summed E-state index contributed by atoms with van der Waals surface area (Å²) in [6.45, 7) is 1.01. The molecule has 0 atom stereocenters. The van der Waals surface area contributed by atoms with Crippen LogP contribution in [0.4, 0.5) is 45.2 Å². The van der Waals surface area contributed by atoms with Crippen molar-refractivity contribution in [1.82, 2.24) is 5.32 Å². The van der Waals surface area contributed by atoms with Gasteiger partial charge in [0.1, 0.15) is 0 Å². The first-order chi connectivity index (χ1) is 11.1. The van der Waals surface area contributed by atoms with Crippen LogP contribution in [0.3, 0.4) is 0 Å². The van der Waals surface area contributed by atoms with Crippen LogP contribution >= 0.6 is 0 Å². The summed E-state index contributed by atoms with van der Waals surface area (Å²) < 4.78 is 117. The fourth-order valence-corrected chi connectivity index (χ4v) is 1.76. The molecule has 1 amide bonds. The standard InChI is InChI=1S/C13H11F9N2O/c1-2-9(25)24-11(12(17,18)19,13(20,21)22)23-8-5-3-4-7(6-8)10(14,15)16/h3-6,23H,2H2,1H3,(H,24,25). The van der Waals surface area contributed by atoms with Crippen molar-refractivity contribution in [1.29, 1.82) is 0 Å². The maximum atomic E-state index is 13.2. The molecule has 1 rings (SSSR count). The molecule has 0 spiro atoms. The van der Waals surface area contributed by atoms with Crippen molar-refractivity contribution in [3.8, 4) is 0 Å². The summed E-state index contributed by atoms with van der Waals surface area (Å²) in [6, 6.07) is 1.76. The molecule has 0 fully saturated rings. The summed E-state index contributed by atoms with van der Waals surface area (Å²) in [5.74, 6) is -1.60. The van der Waals surface area contributed by atoms with Gasteiger partial charge in [-0.05, 0) is 18.2 Å². The third kappa shape index (κ3) is 4.48. The average Bonchev–Trinajstić information content (AvgIpc) is 2.43. The van der Waals surface area contributed by atoms with Gasteiger partial charge in [-0.1, -0.05) is 13.0 Å². The van der Waals surface area contributed by atoms with E-state index in [1.165, 1.54) is 0 Å². The number of anilines is 1. The SMILES string of the molecule is CCC(=O)NC(Nc1cccc(C(F)(F)F)c1)(C(F)(F)F)C(F)(F)F. The van der Waals surface area contributed by atoms with Gasteiger partial charge in [0, 0.05) is 12.1 Å². The predicted octanol–water partition coefficient (Wildman–Crippen LogP) is 4.46.